The summed E-state index contributed by atoms with van der Waals surface area (Å²) in [6.07, 6.45) is 2.41. The number of amides is 1. The summed E-state index contributed by atoms with van der Waals surface area (Å²) in [7, 11) is 0. The van der Waals surface area contributed by atoms with Crippen LogP contribution in [0.15, 0.2) is 0 Å². The third kappa shape index (κ3) is 2.91. The molecular formula is C11H21NOS. The molecule has 0 aromatic heterocycles. The van der Waals surface area contributed by atoms with Gasteiger partial charge in [-0.25, -0.2) is 0 Å². The summed E-state index contributed by atoms with van der Waals surface area (Å²) in [5.41, 5.74) is 0. The van der Waals surface area contributed by atoms with E-state index in [9.17, 15) is 4.79 Å². The van der Waals surface area contributed by atoms with E-state index in [1.54, 1.807) is 0 Å². The molecule has 82 valence electrons. The molecule has 1 aliphatic heterocycles. The van der Waals surface area contributed by atoms with Crippen molar-refractivity contribution in [2.24, 2.45) is 11.8 Å². The van der Waals surface area contributed by atoms with E-state index in [0.717, 1.165) is 19.5 Å². The fourth-order valence-electron chi connectivity index (χ4n) is 2.02. The van der Waals surface area contributed by atoms with E-state index in [1.165, 1.54) is 6.42 Å². The first-order valence-electron chi connectivity index (χ1n) is 5.49. The van der Waals surface area contributed by atoms with E-state index in [2.05, 4.69) is 26.5 Å². The second-order valence-corrected chi connectivity index (χ2v) is 5.38. The van der Waals surface area contributed by atoms with Crippen LogP contribution in [-0.2, 0) is 4.79 Å². The molecule has 0 aromatic carbocycles. The number of nitrogens with zero attached hydrogens (tertiary/aromatic N) is 1. The summed E-state index contributed by atoms with van der Waals surface area (Å²) in [6.45, 7) is 8.18. The predicted molar refractivity (Wildman–Crippen MR) is 62.6 cm³/mol. The smallest absolute Gasteiger partial charge is 0.235 e. The van der Waals surface area contributed by atoms with Crippen molar-refractivity contribution in [3.8, 4) is 0 Å². The average Bonchev–Trinajstić information content (AvgIpc) is 2.16. The van der Waals surface area contributed by atoms with Crippen molar-refractivity contribution < 1.29 is 4.79 Å². The maximum Gasteiger partial charge on any atom is 0.235 e. The topological polar surface area (TPSA) is 20.3 Å². The third-order valence-electron chi connectivity index (χ3n) is 3.07. The molecule has 3 heteroatoms. The van der Waals surface area contributed by atoms with Gasteiger partial charge in [0.25, 0.3) is 0 Å². The van der Waals surface area contributed by atoms with Crippen LogP contribution in [-0.4, -0.2) is 29.1 Å². The highest BCUT2D eigenvalue weighted by Crippen LogP contribution is 2.24. The van der Waals surface area contributed by atoms with Crippen molar-refractivity contribution in [2.45, 2.75) is 38.9 Å². The summed E-state index contributed by atoms with van der Waals surface area (Å²) in [5, 5.41) is -0.152. The first-order chi connectivity index (χ1) is 6.52. The molecule has 1 amide bonds. The minimum atomic E-state index is -0.152. The Balaban J connectivity index is 2.51. The van der Waals surface area contributed by atoms with E-state index in [4.69, 9.17) is 0 Å². The molecule has 0 N–H and O–H groups in total. The Morgan fingerprint density at radius 3 is 2.57 bits per heavy atom. The lowest BCUT2D eigenvalue weighted by molar-refractivity contribution is -0.132. The third-order valence-corrected chi connectivity index (χ3v) is 3.29. The van der Waals surface area contributed by atoms with Gasteiger partial charge in [-0.05, 0) is 31.6 Å². The number of carbonyl (C=O) groups excluding carboxylic acids is 1. The molecule has 2 atom stereocenters. The standard InChI is InChI=1S/C11H21NOS/c1-8(2)10-5-4-6-12(7-10)11(13)9(3)14/h8-10,14H,4-7H2,1-3H3. The SMILES string of the molecule is CC(S)C(=O)N1CCCC(C(C)C)C1. The normalized spacial score (nSPS) is 25.2. The highest BCUT2D eigenvalue weighted by molar-refractivity contribution is 7.81. The molecule has 1 saturated heterocycles. The second-order valence-electron chi connectivity index (χ2n) is 4.61. The first-order valence-corrected chi connectivity index (χ1v) is 6.01. The zero-order valence-corrected chi connectivity index (χ0v) is 10.3. The van der Waals surface area contributed by atoms with Gasteiger partial charge >= 0.3 is 0 Å². The number of likely N-dealkylation sites (tertiary alicyclic amines) is 1. The molecular weight excluding hydrogens is 194 g/mol. The molecule has 14 heavy (non-hydrogen) atoms. The van der Waals surface area contributed by atoms with Crippen LogP contribution in [0.3, 0.4) is 0 Å². The van der Waals surface area contributed by atoms with Gasteiger partial charge in [-0.2, -0.15) is 12.6 Å². The fraction of sp³-hybridized carbons (Fsp3) is 0.909. The second kappa shape index (κ2) is 5.06. The van der Waals surface area contributed by atoms with Gasteiger partial charge in [0, 0.05) is 13.1 Å². The Morgan fingerprint density at radius 2 is 2.07 bits per heavy atom. The Hall–Kier alpha value is -0.180. The van der Waals surface area contributed by atoms with Gasteiger partial charge in [0.2, 0.25) is 5.91 Å². The van der Waals surface area contributed by atoms with E-state index < -0.39 is 0 Å². The van der Waals surface area contributed by atoms with Crippen molar-refractivity contribution in [1.29, 1.82) is 0 Å². The van der Waals surface area contributed by atoms with E-state index >= 15 is 0 Å². The monoisotopic (exact) mass is 215 g/mol. The predicted octanol–water partition coefficient (Wildman–Crippen LogP) is 2.20. The first kappa shape index (κ1) is 11.9. The average molecular weight is 215 g/mol. The van der Waals surface area contributed by atoms with Crippen LogP contribution in [0, 0.1) is 11.8 Å². The molecule has 1 rings (SSSR count). The number of hydrogen-bond acceptors (Lipinski definition) is 2. The molecule has 2 nitrogen and oxygen atoms in total. The molecule has 0 spiro atoms. The van der Waals surface area contributed by atoms with Crippen molar-refractivity contribution in [2.75, 3.05) is 13.1 Å². The van der Waals surface area contributed by atoms with Gasteiger partial charge in [-0.15, -0.1) is 0 Å². The minimum absolute atomic E-state index is 0.152. The summed E-state index contributed by atoms with van der Waals surface area (Å²) in [4.78, 5) is 13.7. The fourth-order valence-corrected chi connectivity index (χ4v) is 2.18. The Kier molecular flexibility index (Phi) is 4.30. The van der Waals surface area contributed by atoms with Crippen molar-refractivity contribution in [3.05, 3.63) is 0 Å². The molecule has 1 aliphatic rings. The number of carbonyl (C=O) groups is 1. The van der Waals surface area contributed by atoms with Crippen LogP contribution >= 0.6 is 12.6 Å². The molecule has 1 fully saturated rings. The van der Waals surface area contributed by atoms with Gasteiger partial charge in [0.15, 0.2) is 0 Å². The van der Waals surface area contributed by atoms with Gasteiger partial charge in [0.05, 0.1) is 5.25 Å². The van der Waals surface area contributed by atoms with Crippen LogP contribution < -0.4 is 0 Å². The molecule has 0 bridgehead atoms. The highest BCUT2D eigenvalue weighted by Gasteiger charge is 2.26. The van der Waals surface area contributed by atoms with E-state index in [0.29, 0.717) is 11.8 Å². The van der Waals surface area contributed by atoms with Gasteiger partial charge in [-0.3, -0.25) is 4.79 Å². The molecule has 1 heterocycles. The Bertz CT molecular complexity index is 203. The van der Waals surface area contributed by atoms with Gasteiger partial charge < -0.3 is 4.90 Å². The van der Waals surface area contributed by atoms with Crippen molar-refractivity contribution in [1.82, 2.24) is 4.90 Å². The van der Waals surface area contributed by atoms with Crippen molar-refractivity contribution >= 4 is 18.5 Å². The summed E-state index contributed by atoms with van der Waals surface area (Å²) < 4.78 is 0. The molecule has 0 radical (unpaired) electrons. The van der Waals surface area contributed by atoms with Crippen LogP contribution in [0.4, 0.5) is 0 Å². The number of hydrogen-bond donors (Lipinski definition) is 1. The Morgan fingerprint density at radius 1 is 1.43 bits per heavy atom. The molecule has 0 aromatic rings. The van der Waals surface area contributed by atoms with Gasteiger partial charge in [0.1, 0.15) is 0 Å². The molecule has 0 aliphatic carbocycles. The number of thiol groups is 1. The maximum absolute atomic E-state index is 11.7. The van der Waals surface area contributed by atoms with Crippen LogP contribution in [0.25, 0.3) is 0 Å². The zero-order valence-electron chi connectivity index (χ0n) is 9.36. The summed E-state index contributed by atoms with van der Waals surface area (Å²) in [5.74, 6) is 1.55. The zero-order chi connectivity index (χ0) is 10.7. The maximum atomic E-state index is 11.7. The minimum Gasteiger partial charge on any atom is -0.341 e. The van der Waals surface area contributed by atoms with Gasteiger partial charge in [-0.1, -0.05) is 13.8 Å². The van der Waals surface area contributed by atoms with Crippen LogP contribution in [0.1, 0.15) is 33.6 Å². The lowest BCUT2D eigenvalue weighted by Crippen LogP contribution is -2.44. The number of piperidine rings is 1. The summed E-state index contributed by atoms with van der Waals surface area (Å²) in [6, 6.07) is 0. The summed E-state index contributed by atoms with van der Waals surface area (Å²) >= 11 is 4.19. The van der Waals surface area contributed by atoms with Crippen LogP contribution in [0.2, 0.25) is 0 Å². The molecule has 0 saturated carbocycles. The number of rotatable bonds is 2. The van der Waals surface area contributed by atoms with E-state index in [-0.39, 0.29) is 11.2 Å². The van der Waals surface area contributed by atoms with Crippen molar-refractivity contribution in [3.63, 3.8) is 0 Å². The Labute approximate surface area is 92.5 Å². The van der Waals surface area contributed by atoms with E-state index in [1.807, 2.05) is 11.8 Å². The lowest BCUT2D eigenvalue weighted by Gasteiger charge is -2.35. The lowest BCUT2D eigenvalue weighted by atomic mass is 9.88. The molecule has 2 unspecified atom stereocenters. The quantitative estimate of drug-likeness (QED) is 0.700. The largest absolute Gasteiger partial charge is 0.341 e. The van der Waals surface area contributed by atoms with Crippen LogP contribution in [0.5, 0.6) is 0 Å². The highest BCUT2D eigenvalue weighted by atomic mass is 32.1.